The maximum Gasteiger partial charge on any atom is 0.0758 e. The first-order chi connectivity index (χ1) is 9.58. The van der Waals surface area contributed by atoms with Crippen molar-refractivity contribution in [3.63, 3.8) is 0 Å². The van der Waals surface area contributed by atoms with Crippen molar-refractivity contribution in [1.29, 1.82) is 0 Å². The molecule has 4 heteroatoms. The van der Waals surface area contributed by atoms with Crippen LogP contribution in [0.5, 0.6) is 0 Å². The molecule has 2 aromatic rings. The van der Waals surface area contributed by atoms with E-state index in [9.17, 15) is 0 Å². The van der Waals surface area contributed by atoms with Gasteiger partial charge in [-0.3, -0.25) is 9.88 Å². The van der Waals surface area contributed by atoms with Crippen LogP contribution in [0.15, 0.2) is 34.9 Å². The van der Waals surface area contributed by atoms with E-state index in [1.54, 1.807) is 0 Å². The quantitative estimate of drug-likeness (QED) is 0.914. The summed E-state index contributed by atoms with van der Waals surface area (Å²) in [5.74, 6) is 0. The zero-order valence-corrected chi connectivity index (χ0v) is 13.6. The summed E-state index contributed by atoms with van der Waals surface area (Å²) >= 11 is 3.62. The lowest BCUT2D eigenvalue weighted by Crippen LogP contribution is -2.57. The zero-order chi connectivity index (χ0) is 14.2. The number of benzene rings is 1. The third-order valence-corrected chi connectivity index (χ3v) is 4.82. The van der Waals surface area contributed by atoms with Gasteiger partial charge in [0.05, 0.1) is 5.52 Å². The average molecular weight is 334 g/mol. The highest BCUT2D eigenvalue weighted by atomic mass is 79.9. The van der Waals surface area contributed by atoms with Crippen molar-refractivity contribution < 1.29 is 0 Å². The van der Waals surface area contributed by atoms with E-state index in [0.29, 0.717) is 0 Å². The van der Waals surface area contributed by atoms with E-state index < -0.39 is 0 Å². The van der Waals surface area contributed by atoms with Gasteiger partial charge < -0.3 is 5.32 Å². The third kappa shape index (κ3) is 2.60. The maximum absolute atomic E-state index is 4.58. The van der Waals surface area contributed by atoms with Gasteiger partial charge in [-0.1, -0.05) is 28.1 Å². The molecular formula is C16H20BrN3. The third-order valence-electron chi connectivity index (χ3n) is 4.13. The number of fused-ring (bicyclic) bond motifs is 1. The summed E-state index contributed by atoms with van der Waals surface area (Å²) in [5, 5.41) is 4.66. The van der Waals surface area contributed by atoms with Crippen molar-refractivity contribution in [3.8, 4) is 0 Å². The normalized spacial score (nSPS) is 19.4. The molecule has 1 aliphatic rings. The minimum absolute atomic E-state index is 0.187. The van der Waals surface area contributed by atoms with Crippen LogP contribution < -0.4 is 5.32 Å². The van der Waals surface area contributed by atoms with Crippen molar-refractivity contribution >= 4 is 26.8 Å². The van der Waals surface area contributed by atoms with E-state index in [0.717, 1.165) is 36.2 Å². The summed E-state index contributed by atoms with van der Waals surface area (Å²) in [6.07, 6.45) is 1.88. The molecule has 20 heavy (non-hydrogen) atoms. The van der Waals surface area contributed by atoms with Gasteiger partial charge in [0, 0.05) is 47.8 Å². The summed E-state index contributed by atoms with van der Waals surface area (Å²) in [6.45, 7) is 8.73. The molecule has 0 unspecified atom stereocenters. The van der Waals surface area contributed by atoms with Gasteiger partial charge in [0.1, 0.15) is 0 Å². The fraction of sp³-hybridized carbons (Fsp3) is 0.438. The molecule has 106 valence electrons. The number of nitrogens with zero attached hydrogens (tertiary/aromatic N) is 2. The van der Waals surface area contributed by atoms with E-state index in [-0.39, 0.29) is 5.54 Å². The molecule has 2 heterocycles. The van der Waals surface area contributed by atoms with Gasteiger partial charge in [0.2, 0.25) is 0 Å². The lowest BCUT2D eigenvalue weighted by molar-refractivity contribution is 0.0831. The Kier molecular flexibility index (Phi) is 3.80. The SMILES string of the molecule is CC1(C)CNCCN1Cc1ccc(Br)c2cccnc12. The van der Waals surface area contributed by atoms with E-state index in [1.807, 2.05) is 12.3 Å². The Labute approximate surface area is 128 Å². The van der Waals surface area contributed by atoms with Gasteiger partial charge in [-0.05, 0) is 31.5 Å². The van der Waals surface area contributed by atoms with Crippen molar-refractivity contribution in [1.82, 2.24) is 15.2 Å². The summed E-state index contributed by atoms with van der Waals surface area (Å²) < 4.78 is 1.11. The minimum atomic E-state index is 0.187. The van der Waals surface area contributed by atoms with Crippen molar-refractivity contribution in [3.05, 3.63) is 40.5 Å². The number of hydrogen-bond acceptors (Lipinski definition) is 3. The molecule has 0 amide bonds. The Balaban J connectivity index is 1.97. The van der Waals surface area contributed by atoms with Crippen LogP contribution >= 0.6 is 15.9 Å². The van der Waals surface area contributed by atoms with Crippen LogP contribution in [0.3, 0.4) is 0 Å². The number of hydrogen-bond donors (Lipinski definition) is 1. The van der Waals surface area contributed by atoms with Gasteiger partial charge in [0.25, 0.3) is 0 Å². The second kappa shape index (κ2) is 5.43. The zero-order valence-electron chi connectivity index (χ0n) is 12.0. The minimum Gasteiger partial charge on any atom is -0.314 e. The molecule has 0 saturated carbocycles. The fourth-order valence-corrected chi connectivity index (χ4v) is 3.30. The maximum atomic E-state index is 4.58. The van der Waals surface area contributed by atoms with Crippen molar-refractivity contribution in [2.24, 2.45) is 0 Å². The summed E-state index contributed by atoms with van der Waals surface area (Å²) in [4.78, 5) is 7.13. The average Bonchev–Trinajstić information content (AvgIpc) is 2.44. The van der Waals surface area contributed by atoms with Gasteiger partial charge in [-0.2, -0.15) is 0 Å². The standard InChI is InChI=1S/C16H20BrN3/c1-16(2)11-18-8-9-20(16)10-12-5-6-14(17)13-4-3-7-19-15(12)13/h3-7,18H,8-11H2,1-2H3. The lowest BCUT2D eigenvalue weighted by atomic mass is 9.98. The number of aromatic nitrogens is 1. The highest BCUT2D eigenvalue weighted by Gasteiger charge is 2.29. The highest BCUT2D eigenvalue weighted by Crippen LogP contribution is 2.28. The Morgan fingerprint density at radius 2 is 2.20 bits per heavy atom. The molecule has 0 radical (unpaired) electrons. The first-order valence-electron chi connectivity index (χ1n) is 7.06. The lowest BCUT2D eigenvalue weighted by Gasteiger charge is -2.43. The van der Waals surface area contributed by atoms with Crippen LogP contribution in [0.1, 0.15) is 19.4 Å². The largest absolute Gasteiger partial charge is 0.314 e. The Bertz CT molecular complexity index is 624. The number of nitrogens with one attached hydrogen (secondary N) is 1. The smallest absolute Gasteiger partial charge is 0.0758 e. The van der Waals surface area contributed by atoms with Crippen LogP contribution in [-0.2, 0) is 6.54 Å². The monoisotopic (exact) mass is 333 g/mol. The van der Waals surface area contributed by atoms with Crippen LogP contribution in [0.4, 0.5) is 0 Å². The number of pyridine rings is 1. The molecular weight excluding hydrogens is 314 g/mol. The van der Waals surface area contributed by atoms with Crippen LogP contribution in [-0.4, -0.2) is 35.1 Å². The van der Waals surface area contributed by atoms with E-state index in [4.69, 9.17) is 0 Å². The van der Waals surface area contributed by atoms with Crippen LogP contribution in [0.2, 0.25) is 0 Å². The van der Waals surface area contributed by atoms with E-state index in [2.05, 4.69) is 63.2 Å². The Hall–Kier alpha value is -0.970. The predicted octanol–water partition coefficient (Wildman–Crippen LogP) is 3.18. The second-order valence-corrected chi connectivity index (χ2v) is 6.87. The molecule has 0 aliphatic carbocycles. The predicted molar refractivity (Wildman–Crippen MR) is 86.8 cm³/mol. The summed E-state index contributed by atoms with van der Waals surface area (Å²) in [7, 11) is 0. The molecule has 3 nitrogen and oxygen atoms in total. The van der Waals surface area contributed by atoms with Crippen LogP contribution in [0.25, 0.3) is 10.9 Å². The van der Waals surface area contributed by atoms with Gasteiger partial charge in [-0.15, -0.1) is 0 Å². The molecule has 1 fully saturated rings. The Morgan fingerprint density at radius 1 is 1.35 bits per heavy atom. The van der Waals surface area contributed by atoms with Crippen molar-refractivity contribution in [2.75, 3.05) is 19.6 Å². The Morgan fingerprint density at radius 3 is 3.00 bits per heavy atom. The van der Waals surface area contributed by atoms with Gasteiger partial charge >= 0.3 is 0 Å². The molecule has 0 bridgehead atoms. The second-order valence-electron chi connectivity index (χ2n) is 6.02. The van der Waals surface area contributed by atoms with Gasteiger partial charge in [-0.25, -0.2) is 0 Å². The highest BCUT2D eigenvalue weighted by molar-refractivity contribution is 9.10. The summed E-state index contributed by atoms with van der Waals surface area (Å²) in [6, 6.07) is 8.44. The molecule has 0 spiro atoms. The first kappa shape index (κ1) is 14.0. The number of piperazine rings is 1. The summed E-state index contributed by atoms with van der Waals surface area (Å²) in [5.41, 5.74) is 2.60. The topological polar surface area (TPSA) is 28.2 Å². The fourth-order valence-electron chi connectivity index (χ4n) is 2.85. The number of halogens is 1. The van der Waals surface area contributed by atoms with E-state index >= 15 is 0 Å². The molecule has 1 N–H and O–H groups in total. The molecule has 1 aliphatic heterocycles. The molecule has 3 rings (SSSR count). The molecule has 1 saturated heterocycles. The number of rotatable bonds is 2. The van der Waals surface area contributed by atoms with Crippen LogP contribution in [0, 0.1) is 0 Å². The first-order valence-corrected chi connectivity index (χ1v) is 7.85. The van der Waals surface area contributed by atoms with Gasteiger partial charge in [0.15, 0.2) is 0 Å². The molecule has 1 aromatic heterocycles. The van der Waals surface area contributed by atoms with Crippen molar-refractivity contribution in [2.45, 2.75) is 25.9 Å². The molecule has 0 atom stereocenters. The van der Waals surface area contributed by atoms with E-state index in [1.165, 1.54) is 10.9 Å². The molecule has 1 aromatic carbocycles.